The highest BCUT2D eigenvalue weighted by Gasteiger charge is 2.47. The molecule has 3 aromatic heterocycles. The van der Waals surface area contributed by atoms with E-state index in [9.17, 15) is 18.7 Å². The van der Waals surface area contributed by atoms with Crippen LogP contribution in [-0.4, -0.2) is 76.2 Å². The zero-order valence-electron chi connectivity index (χ0n) is 19.8. The molecule has 1 fully saturated rings. The van der Waals surface area contributed by atoms with E-state index in [0.29, 0.717) is 16.5 Å². The largest absolute Gasteiger partial charge is 0.483 e. The Morgan fingerprint density at radius 3 is 2.50 bits per heavy atom. The van der Waals surface area contributed by atoms with Crippen molar-refractivity contribution >= 4 is 29.2 Å². The zero-order valence-corrected chi connectivity index (χ0v) is 19.8. The van der Waals surface area contributed by atoms with Gasteiger partial charge in [-0.05, 0) is 31.2 Å². The summed E-state index contributed by atoms with van der Waals surface area (Å²) < 4.78 is 28.1. The summed E-state index contributed by atoms with van der Waals surface area (Å²) in [6.07, 6.45) is 4.44. The van der Waals surface area contributed by atoms with Gasteiger partial charge in [-0.15, -0.1) is 0 Å². The van der Waals surface area contributed by atoms with Crippen molar-refractivity contribution in [2.75, 3.05) is 18.8 Å². The normalized spacial score (nSPS) is 15.2. The van der Waals surface area contributed by atoms with Gasteiger partial charge >= 0.3 is 0 Å². The average Bonchev–Trinajstić information content (AvgIpc) is 3.26. The predicted octanol–water partition coefficient (Wildman–Crippen LogP) is 1.24. The third-order valence-corrected chi connectivity index (χ3v) is 5.34. The first kappa shape index (κ1) is 26.0. The van der Waals surface area contributed by atoms with Crippen molar-refractivity contribution in [1.82, 2.24) is 34.6 Å². The highest BCUT2D eigenvalue weighted by molar-refractivity contribution is 6.05. The lowest BCUT2D eigenvalue weighted by molar-refractivity contribution is -0.122. The number of benzene rings is 1. The maximum Gasteiger partial charge on any atom is 0.290 e. The van der Waals surface area contributed by atoms with Crippen molar-refractivity contribution in [1.29, 1.82) is 0 Å². The zero-order chi connectivity index (χ0) is 27.5. The summed E-state index contributed by atoms with van der Waals surface area (Å²) in [4.78, 5) is 38.4. The van der Waals surface area contributed by atoms with Crippen LogP contribution < -0.4 is 5.73 Å². The highest BCUT2D eigenvalue weighted by Crippen LogP contribution is 2.30. The van der Waals surface area contributed by atoms with Crippen LogP contribution in [0.1, 0.15) is 28.8 Å². The topological polar surface area (TPSA) is 173 Å². The summed E-state index contributed by atoms with van der Waals surface area (Å²) in [7, 11) is 0. The number of nitrogens with two attached hydrogens (primary N) is 1. The van der Waals surface area contributed by atoms with E-state index in [-0.39, 0.29) is 29.8 Å². The predicted molar refractivity (Wildman–Crippen MR) is 129 cm³/mol. The third kappa shape index (κ3) is 5.37. The minimum Gasteiger partial charge on any atom is -0.483 e. The van der Waals surface area contributed by atoms with Crippen LogP contribution in [0.3, 0.4) is 0 Å². The molecule has 14 heteroatoms. The van der Waals surface area contributed by atoms with E-state index in [1.54, 1.807) is 30.3 Å². The van der Waals surface area contributed by atoms with Gasteiger partial charge in [-0.25, -0.2) is 28.4 Å². The molecule has 0 aliphatic carbocycles. The quantitative estimate of drug-likeness (QED) is 0.262. The molecule has 0 bridgehead atoms. The Kier molecular flexibility index (Phi) is 6.96. The summed E-state index contributed by atoms with van der Waals surface area (Å²) in [6, 6.07) is 8.08. The van der Waals surface area contributed by atoms with Gasteiger partial charge in [0, 0.05) is 35.6 Å². The molecule has 38 heavy (non-hydrogen) atoms. The number of likely N-dealkylation sites (tertiary alicyclic amines) is 1. The molecule has 1 amide bonds. The fraction of sp³-hybridized carbons (Fsp3) is 0.208. The molecular formula is C24H20F2N8O4. The second kappa shape index (κ2) is 10.1. The molecular weight excluding hydrogens is 502 g/mol. The van der Waals surface area contributed by atoms with Gasteiger partial charge in [-0.2, -0.15) is 10.1 Å². The second-order valence-corrected chi connectivity index (χ2v) is 8.28. The average molecular weight is 522 g/mol. The SMILES string of the molecule is CC(O)(C#Cc1ccc2c(C(=O)N3CC(F)(F)C3)nn(-c3ccnc(N)n3)c2c1)c1ncccn1.O=CO. The highest BCUT2D eigenvalue weighted by atomic mass is 19.3. The van der Waals surface area contributed by atoms with E-state index in [1.165, 1.54) is 30.2 Å². The fourth-order valence-corrected chi connectivity index (χ4v) is 3.61. The van der Waals surface area contributed by atoms with Crippen molar-refractivity contribution in [3.63, 3.8) is 0 Å². The molecule has 1 saturated heterocycles. The molecule has 0 saturated carbocycles. The molecule has 1 aromatic carbocycles. The third-order valence-electron chi connectivity index (χ3n) is 5.34. The lowest BCUT2D eigenvalue weighted by Gasteiger charge is -2.38. The Hall–Kier alpha value is -5.03. The van der Waals surface area contributed by atoms with Crippen LogP contribution >= 0.6 is 0 Å². The van der Waals surface area contributed by atoms with Crippen LogP contribution in [0.4, 0.5) is 14.7 Å². The number of amides is 1. The minimum absolute atomic E-state index is 0.00289. The van der Waals surface area contributed by atoms with E-state index in [1.807, 2.05) is 0 Å². The number of aromatic nitrogens is 6. The number of carboxylic acid groups (broad SMARTS) is 1. The van der Waals surface area contributed by atoms with E-state index in [2.05, 4.69) is 36.9 Å². The molecule has 4 aromatic rings. The van der Waals surface area contributed by atoms with Gasteiger partial charge in [0.2, 0.25) is 5.95 Å². The Balaban J connectivity index is 0.00000107. The Bertz CT molecular complexity index is 1560. The van der Waals surface area contributed by atoms with E-state index in [0.717, 1.165) is 4.90 Å². The summed E-state index contributed by atoms with van der Waals surface area (Å²) in [5.74, 6) is 2.53. The number of halogens is 2. The van der Waals surface area contributed by atoms with E-state index < -0.39 is 30.5 Å². The molecule has 1 aliphatic heterocycles. The number of hydrogen-bond acceptors (Lipinski definition) is 9. The Labute approximate surface area is 213 Å². The first-order chi connectivity index (χ1) is 18.0. The van der Waals surface area contributed by atoms with Crippen molar-refractivity contribution in [3.05, 3.63) is 66.0 Å². The van der Waals surface area contributed by atoms with Crippen LogP contribution in [0, 0.1) is 11.8 Å². The molecule has 4 heterocycles. The first-order valence-corrected chi connectivity index (χ1v) is 10.9. The molecule has 1 atom stereocenters. The standard InChI is InChI=1S/C23H18F2N8O2.CH2O2/c1-22(35,20-27-8-2-9-28-20)7-5-14-3-4-15-16(11-14)33(17-6-10-29-21(26)30-17)31-18(15)19(34)32-12-23(24,25)13-32;2-1-3/h2-4,6,8-11,35H,12-13H2,1H3,(H2,26,29,30);1H,(H,2,3). The molecule has 0 radical (unpaired) electrons. The van der Waals surface area contributed by atoms with Gasteiger partial charge < -0.3 is 20.8 Å². The number of hydrogen-bond donors (Lipinski definition) is 3. The lowest BCUT2D eigenvalue weighted by Crippen LogP contribution is -2.58. The molecule has 0 spiro atoms. The summed E-state index contributed by atoms with van der Waals surface area (Å²) >= 11 is 0. The number of anilines is 1. The van der Waals surface area contributed by atoms with E-state index >= 15 is 0 Å². The number of rotatable bonds is 3. The minimum atomic E-state index is -2.91. The van der Waals surface area contributed by atoms with Gasteiger partial charge in [0.05, 0.1) is 18.6 Å². The van der Waals surface area contributed by atoms with Gasteiger partial charge in [0.1, 0.15) is 0 Å². The maximum absolute atomic E-state index is 13.4. The van der Waals surface area contributed by atoms with Gasteiger partial charge in [0.25, 0.3) is 18.3 Å². The molecule has 1 unspecified atom stereocenters. The summed E-state index contributed by atoms with van der Waals surface area (Å²) in [6.45, 7) is -0.108. The monoisotopic (exact) mass is 522 g/mol. The van der Waals surface area contributed by atoms with Crippen LogP contribution in [0.5, 0.6) is 0 Å². The Morgan fingerprint density at radius 2 is 1.87 bits per heavy atom. The molecule has 12 nitrogen and oxygen atoms in total. The number of carbonyl (C=O) groups excluding carboxylic acids is 1. The van der Waals surface area contributed by atoms with Gasteiger partial charge in [-0.3, -0.25) is 9.59 Å². The lowest BCUT2D eigenvalue weighted by atomic mass is 10.0. The molecule has 4 N–H and O–H groups in total. The molecule has 1 aliphatic rings. The summed E-state index contributed by atoms with van der Waals surface area (Å²) in [5.41, 5.74) is 5.04. The number of alkyl halides is 2. The maximum atomic E-state index is 13.4. The number of carbonyl (C=O) groups is 2. The number of aliphatic hydroxyl groups is 1. The second-order valence-electron chi connectivity index (χ2n) is 8.28. The fourth-order valence-electron chi connectivity index (χ4n) is 3.61. The Morgan fingerprint density at radius 1 is 1.18 bits per heavy atom. The van der Waals surface area contributed by atoms with Crippen molar-refractivity contribution in [3.8, 4) is 17.7 Å². The number of fused-ring (bicyclic) bond motifs is 1. The molecule has 194 valence electrons. The van der Waals surface area contributed by atoms with Crippen molar-refractivity contribution < 1.29 is 28.6 Å². The van der Waals surface area contributed by atoms with Crippen molar-refractivity contribution in [2.45, 2.75) is 18.4 Å². The van der Waals surface area contributed by atoms with Crippen LogP contribution in [0.15, 0.2) is 48.9 Å². The van der Waals surface area contributed by atoms with Crippen LogP contribution in [0.25, 0.3) is 16.7 Å². The van der Waals surface area contributed by atoms with Crippen LogP contribution in [0.2, 0.25) is 0 Å². The van der Waals surface area contributed by atoms with Gasteiger partial charge in [0.15, 0.2) is 22.9 Å². The number of nitrogen functional groups attached to an aromatic ring is 1. The smallest absolute Gasteiger partial charge is 0.290 e. The molecule has 5 rings (SSSR count). The van der Waals surface area contributed by atoms with E-state index in [4.69, 9.17) is 15.6 Å². The number of nitrogens with zero attached hydrogens (tertiary/aromatic N) is 7. The first-order valence-electron chi connectivity index (χ1n) is 10.9. The summed E-state index contributed by atoms with van der Waals surface area (Å²) in [5, 5.41) is 22.4. The van der Waals surface area contributed by atoms with Gasteiger partial charge in [-0.1, -0.05) is 11.8 Å². The van der Waals surface area contributed by atoms with Crippen molar-refractivity contribution in [2.24, 2.45) is 0 Å². The van der Waals surface area contributed by atoms with Crippen LogP contribution in [-0.2, 0) is 10.4 Å².